The molecule has 0 saturated carbocycles. The minimum atomic E-state index is -0.253. The molecule has 1 N–H and O–H groups in total. The fourth-order valence-corrected chi connectivity index (χ4v) is 2.88. The van der Waals surface area contributed by atoms with E-state index in [1.807, 2.05) is 34.9 Å². The van der Waals surface area contributed by atoms with Crippen LogP contribution in [0.1, 0.15) is 23.7 Å². The number of anilines is 1. The molecule has 1 aromatic carbocycles. The van der Waals surface area contributed by atoms with Crippen LogP contribution in [0.25, 0.3) is 11.5 Å². The number of rotatable bonds is 0. The van der Waals surface area contributed by atoms with Crippen molar-refractivity contribution < 1.29 is 9.53 Å². The van der Waals surface area contributed by atoms with Gasteiger partial charge in [-0.05, 0) is 36.6 Å². The van der Waals surface area contributed by atoms with E-state index in [4.69, 9.17) is 4.74 Å². The quantitative estimate of drug-likeness (QED) is 0.675. The summed E-state index contributed by atoms with van der Waals surface area (Å²) in [6, 6.07) is 12.7. The zero-order valence-corrected chi connectivity index (χ0v) is 14.4. The van der Waals surface area contributed by atoms with Gasteiger partial charge in [0.2, 0.25) is 0 Å². The Morgan fingerprint density at radius 2 is 2.08 bits per heavy atom. The minimum absolute atomic E-state index is 0.253. The molecule has 0 radical (unpaired) electrons. The van der Waals surface area contributed by atoms with Crippen LogP contribution < -0.4 is 10.1 Å². The van der Waals surface area contributed by atoms with Crippen LogP contribution in [0.5, 0.6) is 5.75 Å². The van der Waals surface area contributed by atoms with Crippen molar-refractivity contribution >= 4 is 11.7 Å². The van der Waals surface area contributed by atoms with Crippen molar-refractivity contribution in [3.05, 3.63) is 54.4 Å². The summed E-state index contributed by atoms with van der Waals surface area (Å²) in [5.41, 5.74) is 1.17. The Bertz CT molecular complexity index is 937. The number of amides is 1. The molecule has 7 heteroatoms. The third-order valence-corrected chi connectivity index (χ3v) is 4.35. The lowest BCUT2D eigenvalue weighted by molar-refractivity contribution is 0.102. The number of para-hydroxylation sites is 1. The highest BCUT2D eigenvalue weighted by atomic mass is 16.5. The number of aromatic nitrogens is 4. The van der Waals surface area contributed by atoms with Crippen molar-refractivity contribution in [2.75, 3.05) is 11.9 Å². The number of hydrogen-bond acceptors (Lipinski definition) is 5. The summed E-state index contributed by atoms with van der Waals surface area (Å²) in [6.07, 6.45) is 2.61. The first-order valence-corrected chi connectivity index (χ1v) is 8.59. The SMILES string of the molecule is C[C@@H]1CCn2cnnc2-c2cccc(n2)NC(=O)c2ccccc2OC1. The number of carbonyl (C=O) groups is 1. The number of pyridine rings is 1. The van der Waals surface area contributed by atoms with Gasteiger partial charge in [-0.2, -0.15) is 0 Å². The van der Waals surface area contributed by atoms with Crippen molar-refractivity contribution in [2.45, 2.75) is 19.9 Å². The first-order valence-electron chi connectivity index (χ1n) is 8.59. The number of nitrogens with one attached hydrogen (secondary N) is 1. The van der Waals surface area contributed by atoms with E-state index in [1.165, 1.54) is 0 Å². The number of carbonyl (C=O) groups excluding carboxylic acids is 1. The average Bonchev–Trinajstić information content (AvgIpc) is 3.13. The van der Waals surface area contributed by atoms with Gasteiger partial charge in [0, 0.05) is 6.54 Å². The number of fused-ring (bicyclic) bond motifs is 5. The number of nitrogens with zero attached hydrogens (tertiary/aromatic N) is 4. The van der Waals surface area contributed by atoms with Gasteiger partial charge < -0.3 is 14.6 Å². The zero-order chi connectivity index (χ0) is 17.9. The smallest absolute Gasteiger partial charge is 0.260 e. The van der Waals surface area contributed by atoms with Crippen LogP contribution in [0.15, 0.2) is 48.8 Å². The molecule has 2 aromatic heterocycles. The van der Waals surface area contributed by atoms with Crippen molar-refractivity contribution in [1.82, 2.24) is 19.7 Å². The molecule has 0 saturated heterocycles. The predicted molar refractivity (Wildman–Crippen MR) is 96.9 cm³/mol. The molecule has 1 aliphatic rings. The third kappa shape index (κ3) is 3.28. The van der Waals surface area contributed by atoms with Crippen LogP contribution in [-0.2, 0) is 6.54 Å². The largest absolute Gasteiger partial charge is 0.492 e. The molecular weight excluding hydrogens is 330 g/mol. The fraction of sp³-hybridized carbons (Fsp3) is 0.263. The molecule has 3 heterocycles. The van der Waals surface area contributed by atoms with Crippen LogP contribution in [0.3, 0.4) is 0 Å². The lowest BCUT2D eigenvalue weighted by Crippen LogP contribution is -2.18. The number of ether oxygens (including phenoxy) is 1. The second-order valence-electron chi connectivity index (χ2n) is 6.41. The van der Waals surface area contributed by atoms with Crippen LogP contribution in [0, 0.1) is 5.92 Å². The Balaban J connectivity index is 1.75. The average molecular weight is 349 g/mol. The molecule has 0 aliphatic carbocycles. The van der Waals surface area contributed by atoms with E-state index >= 15 is 0 Å². The van der Waals surface area contributed by atoms with E-state index in [0.29, 0.717) is 41.2 Å². The van der Waals surface area contributed by atoms with Gasteiger partial charge >= 0.3 is 0 Å². The number of benzene rings is 1. The standard InChI is InChI=1S/C19H19N5O2/c1-13-9-10-24-12-20-23-18(24)15-6-4-8-17(21-15)22-19(25)14-5-2-3-7-16(14)26-11-13/h2-8,12-13H,9-11H2,1H3,(H,21,22,25)/t13-/m1/s1. The highest BCUT2D eigenvalue weighted by molar-refractivity contribution is 6.05. The molecule has 3 aromatic rings. The van der Waals surface area contributed by atoms with Gasteiger partial charge in [0.05, 0.1) is 12.2 Å². The van der Waals surface area contributed by atoms with Gasteiger partial charge in [0.25, 0.3) is 5.91 Å². The summed E-state index contributed by atoms with van der Waals surface area (Å²) in [5.74, 6) is 1.78. The second kappa shape index (κ2) is 6.95. The predicted octanol–water partition coefficient (Wildman–Crippen LogP) is 3.01. The molecule has 0 spiro atoms. The van der Waals surface area contributed by atoms with Crippen LogP contribution in [-0.4, -0.2) is 32.3 Å². The van der Waals surface area contributed by atoms with Gasteiger partial charge in [-0.15, -0.1) is 10.2 Å². The summed E-state index contributed by atoms with van der Waals surface area (Å²) < 4.78 is 7.89. The molecule has 1 atom stereocenters. The van der Waals surface area contributed by atoms with E-state index in [-0.39, 0.29) is 5.91 Å². The molecule has 1 aliphatic heterocycles. The third-order valence-electron chi connectivity index (χ3n) is 4.35. The van der Waals surface area contributed by atoms with Gasteiger partial charge in [-0.25, -0.2) is 4.98 Å². The zero-order valence-electron chi connectivity index (χ0n) is 14.4. The highest BCUT2D eigenvalue weighted by Crippen LogP contribution is 2.23. The number of aryl methyl sites for hydroxylation is 1. The first-order chi connectivity index (χ1) is 12.7. The minimum Gasteiger partial charge on any atom is -0.492 e. The van der Waals surface area contributed by atoms with Gasteiger partial charge in [0.1, 0.15) is 23.6 Å². The summed E-state index contributed by atoms with van der Waals surface area (Å²) in [4.78, 5) is 17.2. The van der Waals surface area contributed by atoms with Crippen LogP contribution >= 0.6 is 0 Å². The Morgan fingerprint density at radius 1 is 1.19 bits per heavy atom. The van der Waals surface area contributed by atoms with Crippen molar-refractivity contribution in [3.8, 4) is 17.3 Å². The summed E-state index contributed by atoms with van der Waals surface area (Å²) >= 11 is 0. The molecule has 7 nitrogen and oxygen atoms in total. The molecule has 26 heavy (non-hydrogen) atoms. The Labute approximate surface area is 151 Å². The Hall–Kier alpha value is -3.22. The van der Waals surface area contributed by atoms with Gasteiger partial charge in [-0.1, -0.05) is 25.1 Å². The maximum absolute atomic E-state index is 12.7. The van der Waals surface area contributed by atoms with E-state index in [2.05, 4.69) is 27.4 Å². The van der Waals surface area contributed by atoms with Crippen LogP contribution in [0.4, 0.5) is 5.82 Å². The Morgan fingerprint density at radius 3 is 3.00 bits per heavy atom. The molecule has 0 unspecified atom stereocenters. The molecule has 1 amide bonds. The monoisotopic (exact) mass is 349 g/mol. The summed E-state index contributed by atoms with van der Waals surface area (Å²) in [5, 5.41) is 11.0. The van der Waals surface area contributed by atoms with Crippen LogP contribution in [0.2, 0.25) is 0 Å². The second-order valence-corrected chi connectivity index (χ2v) is 6.41. The lowest BCUT2D eigenvalue weighted by atomic mass is 10.1. The Kier molecular flexibility index (Phi) is 4.35. The topological polar surface area (TPSA) is 81.9 Å². The molecule has 2 bridgehead atoms. The highest BCUT2D eigenvalue weighted by Gasteiger charge is 2.17. The van der Waals surface area contributed by atoms with E-state index < -0.39 is 0 Å². The van der Waals surface area contributed by atoms with Crippen molar-refractivity contribution in [3.63, 3.8) is 0 Å². The summed E-state index contributed by atoms with van der Waals surface area (Å²) in [7, 11) is 0. The van der Waals surface area contributed by atoms with E-state index in [0.717, 1.165) is 13.0 Å². The van der Waals surface area contributed by atoms with Crippen molar-refractivity contribution in [2.24, 2.45) is 5.92 Å². The molecular formula is C19H19N5O2. The van der Waals surface area contributed by atoms with Crippen molar-refractivity contribution in [1.29, 1.82) is 0 Å². The van der Waals surface area contributed by atoms with E-state index in [1.54, 1.807) is 18.5 Å². The maximum atomic E-state index is 12.7. The molecule has 4 rings (SSSR count). The summed E-state index contributed by atoms with van der Waals surface area (Å²) in [6.45, 7) is 3.43. The molecule has 0 fully saturated rings. The molecule has 132 valence electrons. The van der Waals surface area contributed by atoms with Gasteiger partial charge in [-0.3, -0.25) is 4.79 Å². The number of hydrogen-bond donors (Lipinski definition) is 1. The van der Waals surface area contributed by atoms with E-state index in [9.17, 15) is 4.79 Å². The normalized spacial score (nSPS) is 17.3. The first kappa shape index (κ1) is 16.3. The fourth-order valence-electron chi connectivity index (χ4n) is 2.88. The van der Waals surface area contributed by atoms with Gasteiger partial charge in [0.15, 0.2) is 5.82 Å². The lowest BCUT2D eigenvalue weighted by Gasteiger charge is -2.17. The maximum Gasteiger partial charge on any atom is 0.260 e.